The molecule has 1 aromatic heterocycles. The molecule has 1 amide bonds. The van der Waals surface area contributed by atoms with E-state index in [0.29, 0.717) is 40.3 Å². The number of amides is 1. The molecule has 40 heavy (non-hydrogen) atoms. The zero-order chi connectivity index (χ0) is 29.7. The highest BCUT2D eigenvalue weighted by Crippen LogP contribution is 2.31. The average Bonchev–Trinajstić information content (AvgIpc) is 2.92. The number of likely N-dealkylation sites (N-methyl/N-ethyl adjacent to an activating group) is 1. The Morgan fingerprint density at radius 1 is 1.02 bits per heavy atom. The zero-order valence-corrected chi connectivity index (χ0v) is 24.4. The van der Waals surface area contributed by atoms with E-state index in [4.69, 9.17) is 21.4 Å². The van der Waals surface area contributed by atoms with Gasteiger partial charge in [-0.1, -0.05) is 29.8 Å². The fourth-order valence-corrected chi connectivity index (χ4v) is 3.46. The number of carbonyl (C=O) groups excluding carboxylic acids is 1. The summed E-state index contributed by atoms with van der Waals surface area (Å²) in [6.07, 6.45) is 0. The van der Waals surface area contributed by atoms with Crippen molar-refractivity contribution in [1.29, 1.82) is 0 Å². The molecule has 214 valence electrons. The van der Waals surface area contributed by atoms with Gasteiger partial charge in [0.1, 0.15) is 11.5 Å². The Kier molecular flexibility index (Phi) is 12.9. The maximum atomic E-state index is 11.4. The number of rotatable bonds is 7. The molecule has 0 spiro atoms. The Labute approximate surface area is 240 Å². The maximum absolute atomic E-state index is 11.4. The quantitative estimate of drug-likeness (QED) is 0.202. The van der Waals surface area contributed by atoms with Crippen LogP contribution in [-0.2, 0) is 4.79 Å². The topological polar surface area (TPSA) is 132 Å². The summed E-state index contributed by atoms with van der Waals surface area (Å²) < 4.78 is 5.22. The average molecular weight is 569 g/mol. The van der Waals surface area contributed by atoms with Gasteiger partial charge >= 0.3 is 0 Å². The molecule has 0 radical (unpaired) electrons. The van der Waals surface area contributed by atoms with E-state index in [1.165, 1.54) is 0 Å². The first-order chi connectivity index (χ1) is 19.1. The maximum Gasteiger partial charge on any atom is 0.238 e. The van der Waals surface area contributed by atoms with E-state index in [9.17, 15) is 9.90 Å². The number of para-hydroxylation sites is 2. The van der Waals surface area contributed by atoms with Gasteiger partial charge < -0.3 is 35.8 Å². The predicted octanol–water partition coefficient (Wildman–Crippen LogP) is 5.28. The van der Waals surface area contributed by atoms with Gasteiger partial charge in [0.15, 0.2) is 11.6 Å². The molecule has 0 aliphatic carbocycles. The molecule has 0 fully saturated rings. The number of phenols is 1. The number of aryl methyl sites for hydroxylation is 1. The second-order valence-electron chi connectivity index (χ2n) is 8.73. The number of fused-ring (bicyclic) bond motifs is 1. The Bertz CT molecular complexity index is 1400. The number of benzene rings is 3. The number of nitrogens with one attached hydrogen (secondary N) is 3. The van der Waals surface area contributed by atoms with Crippen LogP contribution in [-0.4, -0.2) is 72.4 Å². The highest BCUT2D eigenvalue weighted by Gasteiger charge is 2.10. The number of aliphatic hydroxyl groups is 1. The Morgan fingerprint density at radius 3 is 2.20 bits per heavy atom. The van der Waals surface area contributed by atoms with Gasteiger partial charge in [0.05, 0.1) is 35.4 Å². The molecule has 5 N–H and O–H groups in total. The lowest BCUT2D eigenvalue weighted by molar-refractivity contribution is -0.116. The molecule has 0 bridgehead atoms. The molecule has 4 rings (SSSR count). The second-order valence-corrected chi connectivity index (χ2v) is 9.14. The summed E-state index contributed by atoms with van der Waals surface area (Å²) in [5.74, 6) is 2.07. The highest BCUT2D eigenvalue weighted by atomic mass is 35.5. The molecule has 0 saturated carbocycles. The van der Waals surface area contributed by atoms with E-state index in [1.807, 2.05) is 44.4 Å². The van der Waals surface area contributed by atoms with Crippen molar-refractivity contribution in [2.75, 3.05) is 57.4 Å². The summed E-state index contributed by atoms with van der Waals surface area (Å²) in [5.41, 5.74) is 3.75. The van der Waals surface area contributed by atoms with Crippen LogP contribution in [0.25, 0.3) is 11.0 Å². The van der Waals surface area contributed by atoms with Crippen molar-refractivity contribution in [2.45, 2.75) is 13.8 Å². The molecular weight excluding hydrogens is 532 g/mol. The first-order valence-corrected chi connectivity index (χ1v) is 12.9. The predicted molar refractivity (Wildman–Crippen MR) is 163 cm³/mol. The smallest absolute Gasteiger partial charge is 0.238 e. The molecule has 0 atom stereocenters. The van der Waals surface area contributed by atoms with Gasteiger partial charge in [-0.25, -0.2) is 9.97 Å². The van der Waals surface area contributed by atoms with Crippen LogP contribution in [0, 0.1) is 6.92 Å². The summed E-state index contributed by atoms with van der Waals surface area (Å²) in [4.78, 5) is 22.3. The van der Waals surface area contributed by atoms with E-state index in [1.54, 1.807) is 63.2 Å². The van der Waals surface area contributed by atoms with Gasteiger partial charge in [-0.05, 0) is 63.8 Å². The summed E-state index contributed by atoms with van der Waals surface area (Å²) in [6, 6.07) is 18.2. The third-order valence-electron chi connectivity index (χ3n) is 5.19. The Hall–Kier alpha value is -4.12. The van der Waals surface area contributed by atoms with Crippen LogP contribution >= 0.6 is 11.6 Å². The minimum absolute atomic E-state index is 0.0942. The standard InChI is InChI=1S/C16H15ClN4O.C11H16N2O2.C2H6O/c1-18-15-16(20-13-6-4-3-5-12(13)19-15)21-14-9-10(22-2)7-8-11(14)17;1-8-4-5-9(6-10(8)14)12-11(15)7-13(2)3;1-2-3/h3-9H,1-2H3,(H,18,19)(H,20,21);4-6,14H,7H2,1-3H3,(H,12,15);3H,2H2,1H3. The largest absolute Gasteiger partial charge is 0.508 e. The van der Waals surface area contributed by atoms with Crippen molar-refractivity contribution in [3.63, 3.8) is 0 Å². The summed E-state index contributed by atoms with van der Waals surface area (Å²) >= 11 is 6.23. The highest BCUT2D eigenvalue weighted by molar-refractivity contribution is 6.33. The fourth-order valence-electron chi connectivity index (χ4n) is 3.29. The van der Waals surface area contributed by atoms with Crippen molar-refractivity contribution in [1.82, 2.24) is 14.9 Å². The number of hydrogen-bond donors (Lipinski definition) is 5. The van der Waals surface area contributed by atoms with E-state index < -0.39 is 0 Å². The summed E-state index contributed by atoms with van der Waals surface area (Å²) in [6.45, 7) is 4.06. The summed E-state index contributed by atoms with van der Waals surface area (Å²) in [5, 5.41) is 26.5. The van der Waals surface area contributed by atoms with E-state index in [-0.39, 0.29) is 18.3 Å². The van der Waals surface area contributed by atoms with Gasteiger partial charge in [0.25, 0.3) is 0 Å². The van der Waals surface area contributed by atoms with Crippen molar-refractivity contribution in [3.05, 3.63) is 71.2 Å². The minimum atomic E-state index is -0.0942. The van der Waals surface area contributed by atoms with Crippen LogP contribution in [0.3, 0.4) is 0 Å². The molecule has 0 saturated heterocycles. The molecule has 0 aliphatic rings. The lowest BCUT2D eigenvalue weighted by Gasteiger charge is -2.13. The second kappa shape index (κ2) is 16.1. The first-order valence-electron chi connectivity index (χ1n) is 12.5. The van der Waals surface area contributed by atoms with Gasteiger partial charge in [-0.15, -0.1) is 0 Å². The van der Waals surface area contributed by atoms with Crippen LogP contribution in [0.1, 0.15) is 12.5 Å². The van der Waals surface area contributed by atoms with Crippen molar-refractivity contribution < 1.29 is 19.7 Å². The normalized spacial score (nSPS) is 10.1. The number of ether oxygens (including phenoxy) is 1. The van der Waals surface area contributed by atoms with Gasteiger partial charge in [0, 0.05) is 31.5 Å². The number of anilines is 4. The molecule has 11 heteroatoms. The van der Waals surface area contributed by atoms with E-state index >= 15 is 0 Å². The Morgan fingerprint density at radius 2 is 1.65 bits per heavy atom. The third kappa shape index (κ3) is 9.88. The van der Waals surface area contributed by atoms with Gasteiger partial charge in [0.2, 0.25) is 5.91 Å². The molecule has 10 nitrogen and oxygen atoms in total. The number of carbonyl (C=O) groups is 1. The van der Waals surface area contributed by atoms with Gasteiger partial charge in [-0.2, -0.15) is 0 Å². The number of aromatic nitrogens is 2. The minimum Gasteiger partial charge on any atom is -0.508 e. The number of methoxy groups -OCH3 is 1. The molecule has 3 aromatic carbocycles. The van der Waals surface area contributed by atoms with Crippen molar-refractivity contribution in [2.24, 2.45) is 0 Å². The molecule has 0 aliphatic heterocycles. The van der Waals surface area contributed by atoms with Crippen molar-refractivity contribution >= 4 is 51.6 Å². The number of halogens is 1. The third-order valence-corrected chi connectivity index (χ3v) is 5.52. The van der Waals surface area contributed by atoms with Crippen LogP contribution < -0.4 is 20.7 Å². The number of hydrogen-bond acceptors (Lipinski definition) is 9. The molecule has 4 aromatic rings. The molecule has 0 unspecified atom stereocenters. The molecule has 1 heterocycles. The Balaban J connectivity index is 0.000000272. The number of phenolic OH excluding ortho intramolecular Hbond substituents is 1. The fraction of sp³-hybridized carbons (Fsp3) is 0.276. The first kappa shape index (κ1) is 32.1. The summed E-state index contributed by atoms with van der Waals surface area (Å²) in [7, 11) is 7.07. The number of nitrogens with zero attached hydrogens (tertiary/aromatic N) is 3. The lowest BCUT2D eigenvalue weighted by atomic mass is 10.2. The number of aromatic hydroxyl groups is 1. The SMILES string of the molecule is CCO.CNc1nc2ccccc2nc1Nc1cc(OC)ccc1Cl.Cc1ccc(NC(=O)CN(C)C)cc1O. The molecular formula is C29H37ClN6O4. The number of aliphatic hydroxyl groups excluding tert-OH is 1. The van der Waals surface area contributed by atoms with Crippen LogP contribution in [0.5, 0.6) is 11.5 Å². The van der Waals surface area contributed by atoms with Crippen molar-refractivity contribution in [3.8, 4) is 11.5 Å². The van der Waals surface area contributed by atoms with E-state index in [2.05, 4.69) is 25.9 Å². The van der Waals surface area contributed by atoms with Crippen LogP contribution in [0.15, 0.2) is 60.7 Å². The van der Waals surface area contributed by atoms with Crippen LogP contribution in [0.2, 0.25) is 5.02 Å². The van der Waals surface area contributed by atoms with Crippen LogP contribution in [0.4, 0.5) is 23.0 Å². The van der Waals surface area contributed by atoms with E-state index in [0.717, 1.165) is 16.6 Å². The van der Waals surface area contributed by atoms with Gasteiger partial charge in [-0.3, -0.25) is 4.79 Å². The lowest BCUT2D eigenvalue weighted by Crippen LogP contribution is -2.27. The monoisotopic (exact) mass is 568 g/mol. The zero-order valence-electron chi connectivity index (χ0n) is 23.6.